The summed E-state index contributed by atoms with van der Waals surface area (Å²) in [5.74, 6) is 0.792. The number of aryl methyl sites for hydroxylation is 1. The molecule has 1 aliphatic carbocycles. The summed E-state index contributed by atoms with van der Waals surface area (Å²) in [6.45, 7) is 0.590. The van der Waals surface area contributed by atoms with Gasteiger partial charge in [0.15, 0.2) is 0 Å². The van der Waals surface area contributed by atoms with Crippen molar-refractivity contribution in [2.45, 2.75) is 31.8 Å². The van der Waals surface area contributed by atoms with Crippen LogP contribution in [0.25, 0.3) is 11.4 Å². The summed E-state index contributed by atoms with van der Waals surface area (Å²) in [5.41, 5.74) is 3.58. The molecule has 1 heterocycles. The van der Waals surface area contributed by atoms with E-state index < -0.39 is 0 Å². The molecule has 0 spiro atoms. The van der Waals surface area contributed by atoms with Gasteiger partial charge in [-0.1, -0.05) is 29.4 Å². The van der Waals surface area contributed by atoms with Crippen molar-refractivity contribution in [3.63, 3.8) is 0 Å². The van der Waals surface area contributed by atoms with Gasteiger partial charge in [-0.25, -0.2) is 4.39 Å². The van der Waals surface area contributed by atoms with Gasteiger partial charge in [0.2, 0.25) is 11.7 Å². The lowest BCUT2D eigenvalue weighted by atomic mass is 9.87. The maximum Gasteiger partial charge on any atom is 0.241 e. The Morgan fingerprint density at radius 2 is 1.96 bits per heavy atom. The van der Waals surface area contributed by atoms with E-state index in [9.17, 15) is 4.39 Å². The van der Waals surface area contributed by atoms with Gasteiger partial charge < -0.3 is 4.52 Å². The van der Waals surface area contributed by atoms with Gasteiger partial charge in [-0.2, -0.15) is 4.98 Å². The molecule has 0 fully saturated rings. The fourth-order valence-electron chi connectivity index (χ4n) is 3.54. The molecule has 4 nitrogen and oxygen atoms in total. The van der Waals surface area contributed by atoms with E-state index in [1.165, 1.54) is 29.7 Å². The Morgan fingerprint density at radius 3 is 2.80 bits per heavy atom. The van der Waals surface area contributed by atoms with Crippen molar-refractivity contribution < 1.29 is 8.91 Å². The molecule has 25 heavy (non-hydrogen) atoms. The zero-order valence-electron chi connectivity index (χ0n) is 14.2. The maximum absolute atomic E-state index is 13.0. The summed E-state index contributed by atoms with van der Waals surface area (Å²) in [6.07, 6.45) is 3.47. The van der Waals surface area contributed by atoms with Gasteiger partial charge in [0.05, 0.1) is 6.54 Å². The zero-order chi connectivity index (χ0) is 17.2. The lowest BCUT2D eigenvalue weighted by Crippen LogP contribution is -2.27. The predicted molar refractivity (Wildman–Crippen MR) is 93.3 cm³/mol. The van der Waals surface area contributed by atoms with E-state index in [0.717, 1.165) is 18.4 Å². The molecule has 0 radical (unpaired) electrons. The van der Waals surface area contributed by atoms with Gasteiger partial charge in [0.25, 0.3) is 0 Å². The molecule has 0 saturated heterocycles. The first-order valence-electron chi connectivity index (χ1n) is 8.57. The molecule has 1 aliphatic rings. The number of fused-ring (bicyclic) bond motifs is 1. The third kappa shape index (κ3) is 3.33. The monoisotopic (exact) mass is 337 g/mol. The van der Waals surface area contributed by atoms with Gasteiger partial charge in [-0.3, -0.25) is 4.90 Å². The van der Waals surface area contributed by atoms with Crippen LogP contribution in [0, 0.1) is 5.82 Å². The molecule has 1 atom stereocenters. The Morgan fingerprint density at radius 1 is 1.16 bits per heavy atom. The third-order valence-electron chi connectivity index (χ3n) is 4.82. The molecule has 0 saturated carbocycles. The molecule has 1 aromatic heterocycles. The summed E-state index contributed by atoms with van der Waals surface area (Å²) >= 11 is 0. The number of rotatable bonds is 4. The molecule has 0 amide bonds. The number of hydrogen-bond donors (Lipinski definition) is 0. The van der Waals surface area contributed by atoms with Crippen LogP contribution in [0.15, 0.2) is 53.1 Å². The van der Waals surface area contributed by atoms with Gasteiger partial charge in [-0.05, 0) is 61.7 Å². The molecule has 4 rings (SSSR count). The first kappa shape index (κ1) is 16.0. The minimum atomic E-state index is -0.275. The number of hydrogen-bond acceptors (Lipinski definition) is 4. The van der Waals surface area contributed by atoms with Crippen LogP contribution in [0.3, 0.4) is 0 Å². The normalized spacial score (nSPS) is 16.8. The molecule has 2 aromatic carbocycles. The fourth-order valence-corrected chi connectivity index (χ4v) is 3.54. The lowest BCUT2D eigenvalue weighted by Gasteiger charge is -2.32. The molecule has 3 aromatic rings. The van der Waals surface area contributed by atoms with Crippen LogP contribution < -0.4 is 0 Å². The van der Waals surface area contributed by atoms with Crippen LogP contribution in [0.5, 0.6) is 0 Å². The minimum absolute atomic E-state index is 0.275. The average molecular weight is 337 g/mol. The zero-order valence-corrected chi connectivity index (χ0v) is 14.2. The van der Waals surface area contributed by atoms with E-state index in [-0.39, 0.29) is 5.82 Å². The van der Waals surface area contributed by atoms with Crippen molar-refractivity contribution in [3.8, 4) is 11.4 Å². The highest BCUT2D eigenvalue weighted by Gasteiger charge is 2.24. The van der Waals surface area contributed by atoms with Gasteiger partial charge in [0, 0.05) is 11.6 Å². The Labute approximate surface area is 146 Å². The average Bonchev–Trinajstić information content (AvgIpc) is 3.10. The Balaban J connectivity index is 1.50. The highest BCUT2D eigenvalue weighted by atomic mass is 19.1. The van der Waals surface area contributed by atoms with E-state index in [4.69, 9.17) is 4.52 Å². The standard InChI is InChI=1S/C20H20FN3O/c1-24(18-8-4-6-14-5-2-3-7-17(14)18)13-19-22-20(23-25-19)15-9-11-16(21)12-10-15/h2-3,5,7,9-12,18H,4,6,8,13H2,1H3/t18-/m1/s1. The Hall–Kier alpha value is -2.53. The van der Waals surface area contributed by atoms with Gasteiger partial charge in [0.1, 0.15) is 5.82 Å². The molecule has 0 N–H and O–H groups in total. The quantitative estimate of drug-likeness (QED) is 0.708. The maximum atomic E-state index is 13.0. The number of nitrogens with zero attached hydrogens (tertiary/aromatic N) is 3. The summed E-state index contributed by atoms with van der Waals surface area (Å²) in [5, 5.41) is 4.02. The Bertz CT molecular complexity index is 859. The SMILES string of the molecule is CN(Cc1nc(-c2ccc(F)cc2)no1)[C@@H]1CCCc2ccccc21. The van der Waals surface area contributed by atoms with Crippen LogP contribution >= 0.6 is 0 Å². The fraction of sp³-hybridized carbons (Fsp3) is 0.300. The topological polar surface area (TPSA) is 42.2 Å². The van der Waals surface area contributed by atoms with Crippen molar-refractivity contribution >= 4 is 0 Å². The summed E-state index contributed by atoms with van der Waals surface area (Å²) in [4.78, 5) is 6.72. The molecular weight excluding hydrogens is 317 g/mol. The van der Waals surface area contributed by atoms with E-state index in [1.54, 1.807) is 12.1 Å². The summed E-state index contributed by atoms with van der Waals surface area (Å²) < 4.78 is 18.4. The lowest BCUT2D eigenvalue weighted by molar-refractivity contribution is 0.187. The molecule has 0 aliphatic heterocycles. The van der Waals surface area contributed by atoms with E-state index in [2.05, 4.69) is 46.4 Å². The predicted octanol–water partition coefficient (Wildman–Crippen LogP) is 4.39. The second-order valence-electron chi connectivity index (χ2n) is 6.54. The summed E-state index contributed by atoms with van der Waals surface area (Å²) in [6, 6.07) is 15.1. The second-order valence-corrected chi connectivity index (χ2v) is 6.54. The van der Waals surface area contributed by atoms with Crippen molar-refractivity contribution in [1.82, 2.24) is 15.0 Å². The smallest absolute Gasteiger partial charge is 0.241 e. The summed E-state index contributed by atoms with van der Waals surface area (Å²) in [7, 11) is 2.09. The van der Waals surface area contributed by atoms with Crippen LogP contribution in [0.4, 0.5) is 4.39 Å². The van der Waals surface area contributed by atoms with E-state index in [0.29, 0.717) is 24.3 Å². The molecule has 0 unspecified atom stereocenters. The van der Waals surface area contributed by atoms with Crippen molar-refractivity contribution in [3.05, 3.63) is 71.4 Å². The highest BCUT2D eigenvalue weighted by Crippen LogP contribution is 2.34. The first-order valence-corrected chi connectivity index (χ1v) is 8.57. The van der Waals surface area contributed by atoms with E-state index in [1.807, 2.05) is 0 Å². The van der Waals surface area contributed by atoms with Gasteiger partial charge >= 0.3 is 0 Å². The number of benzene rings is 2. The molecule has 0 bridgehead atoms. The van der Waals surface area contributed by atoms with Crippen molar-refractivity contribution in [1.29, 1.82) is 0 Å². The molecule has 5 heteroatoms. The molecule has 128 valence electrons. The van der Waals surface area contributed by atoms with Crippen LogP contribution in [-0.4, -0.2) is 22.1 Å². The van der Waals surface area contributed by atoms with E-state index >= 15 is 0 Å². The van der Waals surface area contributed by atoms with Crippen molar-refractivity contribution in [2.75, 3.05) is 7.05 Å². The third-order valence-corrected chi connectivity index (χ3v) is 4.82. The largest absolute Gasteiger partial charge is 0.338 e. The highest BCUT2D eigenvalue weighted by molar-refractivity contribution is 5.53. The number of aromatic nitrogens is 2. The first-order chi connectivity index (χ1) is 12.2. The minimum Gasteiger partial charge on any atom is -0.338 e. The van der Waals surface area contributed by atoms with Gasteiger partial charge in [-0.15, -0.1) is 0 Å². The second kappa shape index (κ2) is 6.76. The number of halogens is 1. The van der Waals surface area contributed by atoms with Crippen LogP contribution in [0.1, 0.15) is 35.9 Å². The van der Waals surface area contributed by atoms with Crippen LogP contribution in [-0.2, 0) is 13.0 Å². The Kier molecular flexibility index (Phi) is 4.32. The molecular formula is C20H20FN3O. The van der Waals surface area contributed by atoms with Crippen molar-refractivity contribution in [2.24, 2.45) is 0 Å². The van der Waals surface area contributed by atoms with Crippen LogP contribution in [0.2, 0.25) is 0 Å².